The van der Waals surface area contributed by atoms with Gasteiger partial charge in [0.25, 0.3) is 5.56 Å². The van der Waals surface area contributed by atoms with E-state index in [1.165, 1.54) is 4.57 Å². The third-order valence-corrected chi connectivity index (χ3v) is 11.9. The predicted molar refractivity (Wildman–Crippen MR) is 206 cm³/mol. The Morgan fingerprint density at radius 1 is 0.903 bits per heavy atom. The highest BCUT2D eigenvalue weighted by atomic mass is 31.2. The van der Waals surface area contributed by atoms with Gasteiger partial charge >= 0.3 is 21.7 Å². The number of hydrogen-bond acceptors (Lipinski definition) is 21. The van der Waals surface area contributed by atoms with Crippen LogP contribution in [0.3, 0.4) is 0 Å². The minimum atomic E-state index is -5.23. The molecule has 1 aromatic carbocycles. The Hall–Kier alpha value is -5.32. The van der Waals surface area contributed by atoms with Gasteiger partial charge in [-0.25, -0.2) is 33.9 Å². The molecule has 3 aliphatic rings. The normalized spacial score (nSPS) is 30.8. The molecule has 332 valence electrons. The van der Waals surface area contributed by atoms with E-state index in [-0.39, 0.29) is 46.6 Å². The number of H-pyrrole nitrogens is 1. The Morgan fingerprint density at radius 2 is 1.55 bits per heavy atom. The molecular weight excluding hydrogens is 870 g/mol. The van der Waals surface area contributed by atoms with Crippen molar-refractivity contribution < 1.29 is 71.0 Å². The summed E-state index contributed by atoms with van der Waals surface area (Å²) in [4.78, 5) is 81.8. The molecule has 10 N–H and O–H groups in total. The Bertz CT molecular complexity index is 2650. The lowest BCUT2D eigenvalue weighted by molar-refractivity contribution is -0.117. The number of carbonyl (C=O) groups is 2. The second kappa shape index (κ2) is 17.1. The van der Waals surface area contributed by atoms with Crippen LogP contribution in [0.1, 0.15) is 24.9 Å². The number of nitrogens with one attached hydrogen (secondary N) is 4. The van der Waals surface area contributed by atoms with Gasteiger partial charge in [-0.15, -0.1) is 0 Å². The number of carbonyl (C=O) groups excluding carboxylic acids is 2. The van der Waals surface area contributed by atoms with Crippen molar-refractivity contribution in [2.24, 2.45) is 0 Å². The lowest BCUT2D eigenvalue weighted by Crippen LogP contribution is -2.36. The fraction of sp³-hybridized carbons (Fsp3) is 0.438. The zero-order valence-corrected chi connectivity index (χ0v) is 33.9. The van der Waals surface area contributed by atoms with Crippen molar-refractivity contribution in [1.29, 1.82) is 0 Å². The molecule has 8 rings (SSSR count). The number of phosphoric ester groups is 2. The number of nitrogens with zero attached hydrogens (tertiary/aromatic N) is 7. The molecule has 62 heavy (non-hydrogen) atoms. The summed E-state index contributed by atoms with van der Waals surface area (Å²) in [5.74, 6) is -0.647. The first-order chi connectivity index (χ1) is 29.5. The van der Waals surface area contributed by atoms with Crippen LogP contribution < -0.4 is 27.2 Å². The van der Waals surface area contributed by atoms with Crippen LogP contribution in [0.15, 0.2) is 48.0 Å². The largest absolute Gasteiger partial charge is 0.472 e. The monoisotopic (exact) mass is 908 g/mol. The van der Waals surface area contributed by atoms with E-state index in [4.69, 9.17) is 38.0 Å². The number of rotatable bonds is 8. The van der Waals surface area contributed by atoms with Crippen LogP contribution in [-0.4, -0.2) is 134 Å². The number of fused-ring (bicyclic) bond motifs is 5. The summed E-state index contributed by atoms with van der Waals surface area (Å²) in [7, 11) is -8.75. The van der Waals surface area contributed by atoms with Crippen molar-refractivity contribution in [1.82, 2.24) is 44.4 Å². The molecule has 4 aromatic heterocycles. The van der Waals surface area contributed by atoms with Gasteiger partial charge in [0.2, 0.25) is 11.9 Å². The van der Waals surface area contributed by atoms with E-state index in [9.17, 15) is 43.5 Å². The maximum Gasteiger partial charge on any atom is 0.472 e. The Labute approximate surface area is 346 Å². The van der Waals surface area contributed by atoms with Crippen LogP contribution in [-0.2, 0) is 52.8 Å². The second-order valence-electron chi connectivity index (χ2n) is 14.0. The molecule has 10 unspecified atom stereocenters. The first kappa shape index (κ1) is 43.3. The van der Waals surface area contributed by atoms with E-state index in [1.807, 2.05) is 0 Å². The Morgan fingerprint density at radius 3 is 2.26 bits per heavy atom. The van der Waals surface area contributed by atoms with Crippen molar-refractivity contribution in [3.05, 3.63) is 59.2 Å². The van der Waals surface area contributed by atoms with Gasteiger partial charge in [0.15, 0.2) is 40.6 Å². The van der Waals surface area contributed by atoms with Crippen LogP contribution in [0.4, 0.5) is 22.2 Å². The first-order valence-electron chi connectivity index (χ1n) is 18.4. The number of anilines is 3. The molecule has 0 aliphatic carbocycles. The quantitative estimate of drug-likeness (QED) is 0.0875. The Balaban J connectivity index is 0.980. The number of aromatic nitrogens is 8. The smallest absolute Gasteiger partial charge is 0.444 e. The molecule has 0 saturated carbocycles. The fourth-order valence-corrected chi connectivity index (χ4v) is 8.61. The fourth-order valence-electron chi connectivity index (χ4n) is 6.72. The van der Waals surface area contributed by atoms with E-state index in [0.29, 0.717) is 11.3 Å². The van der Waals surface area contributed by atoms with E-state index in [2.05, 4.69) is 45.9 Å². The number of nitrogens with two attached hydrogens (primary N) is 1. The minimum Gasteiger partial charge on any atom is -0.444 e. The molecule has 0 radical (unpaired) electrons. The second-order valence-corrected chi connectivity index (χ2v) is 16.8. The minimum absolute atomic E-state index is 0.0197. The van der Waals surface area contributed by atoms with Gasteiger partial charge in [0, 0.05) is 5.69 Å². The highest BCUT2D eigenvalue weighted by molar-refractivity contribution is 7.47. The number of likely N-dealkylation sites (N-methyl/N-ethyl adjacent to an activating group) is 1. The van der Waals surface area contributed by atoms with E-state index < -0.39 is 95.6 Å². The number of imidazole rings is 2. The molecule has 2 bridgehead atoms. The highest BCUT2D eigenvalue weighted by Crippen LogP contribution is 2.53. The van der Waals surface area contributed by atoms with Gasteiger partial charge in [0.1, 0.15) is 49.6 Å². The molecule has 5 aromatic rings. The van der Waals surface area contributed by atoms with Crippen LogP contribution in [0.25, 0.3) is 22.3 Å². The number of aliphatic hydroxyl groups excluding tert-OH is 2. The first-order valence-corrected chi connectivity index (χ1v) is 21.4. The third kappa shape index (κ3) is 8.82. The number of aromatic amines is 1. The van der Waals surface area contributed by atoms with Crippen LogP contribution >= 0.6 is 15.6 Å². The maximum atomic E-state index is 13.5. The molecule has 30 heteroatoms. The molecule has 3 aliphatic heterocycles. The molecule has 28 nitrogen and oxygen atoms in total. The van der Waals surface area contributed by atoms with Crippen LogP contribution in [0, 0.1) is 0 Å². The average Bonchev–Trinajstić information content (AvgIpc) is 4.00. The van der Waals surface area contributed by atoms with Gasteiger partial charge < -0.3 is 50.6 Å². The van der Waals surface area contributed by atoms with Gasteiger partial charge in [-0.05, 0) is 31.7 Å². The van der Waals surface area contributed by atoms with Gasteiger partial charge in [-0.1, -0.05) is 12.1 Å². The Kier molecular flexibility index (Phi) is 11.9. The van der Waals surface area contributed by atoms with Crippen LogP contribution in [0.5, 0.6) is 0 Å². The summed E-state index contributed by atoms with van der Waals surface area (Å²) in [6.45, 7) is -0.241. The van der Waals surface area contributed by atoms with E-state index in [1.54, 1.807) is 38.2 Å². The lowest BCUT2D eigenvalue weighted by Gasteiger charge is -2.25. The molecule has 11 atom stereocenters. The zero-order chi connectivity index (χ0) is 44.1. The predicted octanol–water partition coefficient (Wildman–Crippen LogP) is -0.629. The lowest BCUT2D eigenvalue weighted by atomic mass is 10.1. The summed E-state index contributed by atoms with van der Waals surface area (Å²) in [6, 6.07) is 6.19. The average molecular weight is 909 g/mol. The summed E-state index contributed by atoms with van der Waals surface area (Å²) in [5, 5.41) is 30.6. The van der Waals surface area contributed by atoms with Gasteiger partial charge in [-0.3, -0.25) is 47.1 Å². The molecule has 3 fully saturated rings. The molecule has 2 amide bonds. The number of ether oxygens (including phenoxy) is 3. The zero-order valence-electron chi connectivity index (χ0n) is 32.1. The summed E-state index contributed by atoms with van der Waals surface area (Å²) in [6.07, 6.45) is -11.0. The standard InChI is InChI=1S/C32H38N12O16P2/c1-13(34-2)27(47)39-15-5-3-14(4-6-15)7-54-32(49)40-24-18-25(36-10-35-24)43(11-37-18)30-23-20(45)16(57-30)8-55-61(50,51)59-22-17(9-56-62(52,53)60-23)58-29(21(22)46)44-12-38-19-26(44)41-31(33)42-28(19)48/h3-6,10-13,16-17,20-23,29-30,34,45-46H,7-9H2,1-2H3,(H,39,47)(H,50,51)(H,52,53)(H3,33,41,42,48)(H,35,36,40,49)/t13-,16?,17?,20?,21?,22?,23?,29?,30?/m0/s1. The van der Waals surface area contributed by atoms with Gasteiger partial charge in [-0.2, -0.15) is 4.98 Å². The summed E-state index contributed by atoms with van der Waals surface area (Å²) < 4.78 is 67.3. The molecular formula is C32H38N12O16P2. The van der Waals surface area contributed by atoms with Crippen molar-refractivity contribution in [3.8, 4) is 0 Å². The number of phosphoric acid groups is 2. The number of benzene rings is 1. The van der Waals surface area contributed by atoms with Crippen molar-refractivity contribution in [3.63, 3.8) is 0 Å². The van der Waals surface area contributed by atoms with Crippen molar-refractivity contribution in [2.45, 2.75) is 68.7 Å². The maximum absolute atomic E-state index is 13.5. The van der Waals surface area contributed by atoms with Crippen molar-refractivity contribution >= 4 is 67.4 Å². The molecule has 0 spiro atoms. The number of amides is 2. The number of nitrogen functional groups attached to an aromatic ring is 1. The molecule has 3 saturated heterocycles. The highest BCUT2D eigenvalue weighted by Gasteiger charge is 2.54. The van der Waals surface area contributed by atoms with E-state index >= 15 is 0 Å². The number of hydrogen-bond donors (Lipinski definition) is 9. The van der Waals surface area contributed by atoms with Gasteiger partial charge in [0.05, 0.1) is 31.9 Å². The van der Waals surface area contributed by atoms with Crippen molar-refractivity contribution in [2.75, 3.05) is 36.6 Å². The molecule has 7 heterocycles. The number of aliphatic hydroxyl groups is 2. The summed E-state index contributed by atoms with van der Waals surface area (Å²) >= 11 is 0. The topological polar surface area (TPSA) is 383 Å². The van der Waals surface area contributed by atoms with Crippen LogP contribution in [0.2, 0.25) is 0 Å². The SMILES string of the molecule is CN[C@@H](C)C(=O)Nc1ccc(COC(=O)Nc2ncnc3c2ncn3C2OC3COP(=O)(O)OC4C(COP(=O)(O)OC2C3O)OC(n2cnc3c(=O)[nH]c(N)nc32)C4O)cc1. The van der Waals surface area contributed by atoms with E-state index in [0.717, 1.165) is 23.5 Å². The summed E-state index contributed by atoms with van der Waals surface area (Å²) in [5.41, 5.74) is 5.73. The third-order valence-electron chi connectivity index (χ3n) is 9.93.